The zero-order valence-electron chi connectivity index (χ0n) is 9.48. The smallest absolute Gasteiger partial charge is 0.119 e. The Morgan fingerprint density at radius 2 is 2.25 bits per heavy atom. The molecule has 1 aromatic carbocycles. The van der Waals surface area contributed by atoms with Gasteiger partial charge in [-0.2, -0.15) is 0 Å². The fourth-order valence-electron chi connectivity index (χ4n) is 1.33. The first-order chi connectivity index (χ1) is 7.72. The van der Waals surface area contributed by atoms with E-state index in [9.17, 15) is 8.76 Å². The van der Waals surface area contributed by atoms with Gasteiger partial charge >= 0.3 is 0 Å². The quantitative estimate of drug-likeness (QED) is 0.543. The van der Waals surface area contributed by atoms with Crippen molar-refractivity contribution in [3.8, 4) is 5.75 Å². The van der Waals surface area contributed by atoms with Gasteiger partial charge in [0.1, 0.15) is 5.75 Å². The molecule has 0 amide bonds. The lowest BCUT2D eigenvalue weighted by molar-refractivity contribution is 0.309. The predicted molar refractivity (Wildman–Crippen MR) is 64.3 cm³/mol. The van der Waals surface area contributed by atoms with Gasteiger partial charge in [-0.15, -0.1) is 0 Å². The molecule has 3 nitrogen and oxygen atoms in total. The number of aryl methyl sites for hydroxylation is 1. The normalized spacial score (nSPS) is 12.4. The molecule has 0 N–H and O–H groups in total. The monoisotopic (exact) mass is 241 g/mol. The summed E-state index contributed by atoms with van der Waals surface area (Å²) in [7, 11) is 0. The molecule has 4 heteroatoms. The third-order valence-electron chi connectivity index (χ3n) is 2.22. The Kier molecular flexibility index (Phi) is 6.11. The van der Waals surface area contributed by atoms with Crippen LogP contribution in [0.15, 0.2) is 24.3 Å². The van der Waals surface area contributed by atoms with E-state index in [0.29, 0.717) is 13.0 Å². The maximum Gasteiger partial charge on any atom is 0.119 e. The van der Waals surface area contributed by atoms with E-state index in [1.54, 1.807) is 0 Å². The van der Waals surface area contributed by atoms with E-state index < -0.39 is 11.1 Å². The van der Waals surface area contributed by atoms with Gasteiger partial charge in [-0.05, 0) is 30.5 Å². The van der Waals surface area contributed by atoms with Crippen molar-refractivity contribution in [3.63, 3.8) is 0 Å². The van der Waals surface area contributed by atoms with Crippen LogP contribution in [0, 0.1) is 0 Å². The van der Waals surface area contributed by atoms with E-state index in [1.807, 2.05) is 24.3 Å². The lowest BCUT2D eigenvalue weighted by Gasteiger charge is -2.08. The number of benzene rings is 1. The summed E-state index contributed by atoms with van der Waals surface area (Å²) in [6, 6.07) is 7.61. The maximum absolute atomic E-state index is 10.4. The first kappa shape index (κ1) is 13.2. The van der Waals surface area contributed by atoms with Crippen molar-refractivity contribution in [2.24, 2.45) is 0 Å². The van der Waals surface area contributed by atoms with Crippen LogP contribution in [0.4, 0.5) is 0 Å². The van der Waals surface area contributed by atoms with Crippen LogP contribution >= 0.6 is 0 Å². The van der Waals surface area contributed by atoms with Gasteiger partial charge in [0.15, 0.2) is 0 Å². The van der Waals surface area contributed by atoms with E-state index in [2.05, 4.69) is 6.92 Å². The highest BCUT2D eigenvalue weighted by Crippen LogP contribution is 2.14. The molecule has 1 rings (SSSR count). The molecule has 0 bridgehead atoms. The van der Waals surface area contributed by atoms with Crippen LogP contribution in [0.1, 0.15) is 25.3 Å². The first-order valence-corrected chi connectivity index (χ1v) is 6.74. The molecular weight excluding hydrogens is 224 g/mol. The molecule has 0 saturated heterocycles. The van der Waals surface area contributed by atoms with Crippen molar-refractivity contribution in [3.05, 3.63) is 29.8 Å². The van der Waals surface area contributed by atoms with Crippen LogP contribution in [0.2, 0.25) is 0 Å². The second kappa shape index (κ2) is 7.41. The first-order valence-electron chi connectivity index (χ1n) is 5.50. The van der Waals surface area contributed by atoms with Gasteiger partial charge in [-0.1, -0.05) is 36.6 Å². The molecule has 1 atom stereocenters. The van der Waals surface area contributed by atoms with Gasteiger partial charge in [0.2, 0.25) is 0 Å². The second-order valence-electron chi connectivity index (χ2n) is 3.61. The molecule has 0 spiro atoms. The zero-order chi connectivity index (χ0) is 11.8. The molecule has 0 saturated carbocycles. The van der Waals surface area contributed by atoms with Gasteiger partial charge in [0, 0.05) is 5.75 Å². The molecule has 0 aliphatic carbocycles. The third-order valence-corrected chi connectivity index (χ3v) is 2.76. The third kappa shape index (κ3) is 5.28. The van der Waals surface area contributed by atoms with Crippen LogP contribution < -0.4 is 4.74 Å². The van der Waals surface area contributed by atoms with E-state index >= 15 is 0 Å². The van der Waals surface area contributed by atoms with Crippen LogP contribution in [0.25, 0.3) is 0 Å². The van der Waals surface area contributed by atoms with Crippen LogP contribution in [0.5, 0.6) is 5.75 Å². The van der Waals surface area contributed by atoms with Crippen molar-refractivity contribution in [2.75, 3.05) is 12.4 Å². The predicted octanol–water partition coefficient (Wildman–Crippen LogP) is 2.29. The Labute approximate surface area is 99.1 Å². The summed E-state index contributed by atoms with van der Waals surface area (Å²) in [5.74, 6) is 0.987. The fourth-order valence-corrected chi connectivity index (χ4v) is 1.73. The maximum atomic E-state index is 10.4. The van der Waals surface area contributed by atoms with Crippen molar-refractivity contribution < 1.29 is 13.5 Å². The Morgan fingerprint density at radius 1 is 1.44 bits per heavy atom. The average Bonchev–Trinajstić information content (AvgIpc) is 2.27. The van der Waals surface area contributed by atoms with Gasteiger partial charge in [0.05, 0.1) is 6.61 Å². The largest absolute Gasteiger partial charge is 0.772 e. The highest BCUT2D eigenvalue weighted by molar-refractivity contribution is 7.79. The molecule has 0 aliphatic rings. The summed E-state index contributed by atoms with van der Waals surface area (Å²) in [4.78, 5) is 0. The summed E-state index contributed by atoms with van der Waals surface area (Å²) in [5.41, 5.74) is 0.998. The van der Waals surface area contributed by atoms with E-state index in [4.69, 9.17) is 4.74 Å². The Morgan fingerprint density at radius 3 is 2.94 bits per heavy atom. The van der Waals surface area contributed by atoms with E-state index in [-0.39, 0.29) is 5.75 Å². The standard InChI is InChI=1S/C12H18O3S/c1-2-3-8-15-12-6-4-5-11(10-12)7-9-16(13)14/h4-6,10H,2-3,7-9H2,1H3,(H,13,14)/p-1. The lowest BCUT2D eigenvalue weighted by Crippen LogP contribution is -2.01. The van der Waals surface area contributed by atoms with Crippen molar-refractivity contribution >= 4 is 11.1 Å². The van der Waals surface area contributed by atoms with Crippen molar-refractivity contribution in [2.45, 2.75) is 26.2 Å². The number of ether oxygens (including phenoxy) is 1. The molecule has 90 valence electrons. The zero-order valence-corrected chi connectivity index (χ0v) is 10.3. The molecule has 16 heavy (non-hydrogen) atoms. The second-order valence-corrected chi connectivity index (χ2v) is 4.62. The van der Waals surface area contributed by atoms with Gasteiger partial charge in [-0.3, -0.25) is 4.21 Å². The summed E-state index contributed by atoms with van der Waals surface area (Å²) < 4.78 is 26.4. The minimum Gasteiger partial charge on any atom is -0.772 e. The molecule has 1 aromatic rings. The molecule has 0 radical (unpaired) electrons. The van der Waals surface area contributed by atoms with Gasteiger partial charge in [0.25, 0.3) is 0 Å². The SMILES string of the molecule is CCCCOc1cccc(CCS(=O)[O-])c1. The number of hydrogen-bond donors (Lipinski definition) is 0. The van der Waals surface area contributed by atoms with E-state index in [0.717, 1.165) is 24.2 Å². The molecule has 0 fully saturated rings. The Hall–Kier alpha value is -0.870. The van der Waals surface area contributed by atoms with Crippen LogP contribution in [-0.2, 0) is 17.5 Å². The van der Waals surface area contributed by atoms with Gasteiger partial charge < -0.3 is 9.29 Å². The fraction of sp³-hybridized carbons (Fsp3) is 0.500. The summed E-state index contributed by atoms with van der Waals surface area (Å²) in [6.45, 7) is 2.83. The molecule has 1 unspecified atom stereocenters. The highest BCUT2D eigenvalue weighted by Gasteiger charge is 1.97. The number of unbranched alkanes of at least 4 members (excludes halogenated alkanes) is 1. The molecule has 0 aromatic heterocycles. The average molecular weight is 241 g/mol. The Balaban J connectivity index is 2.46. The number of rotatable bonds is 7. The molecule has 0 aliphatic heterocycles. The summed E-state index contributed by atoms with van der Waals surface area (Å²) in [6.07, 6.45) is 2.69. The number of hydrogen-bond acceptors (Lipinski definition) is 3. The topological polar surface area (TPSA) is 49.4 Å². The lowest BCUT2D eigenvalue weighted by atomic mass is 10.2. The Bertz CT molecular complexity index is 339. The highest BCUT2D eigenvalue weighted by atomic mass is 32.2. The van der Waals surface area contributed by atoms with Gasteiger partial charge in [-0.25, -0.2) is 0 Å². The minimum absolute atomic E-state index is 0.165. The summed E-state index contributed by atoms with van der Waals surface area (Å²) in [5, 5.41) is 0. The van der Waals surface area contributed by atoms with Crippen LogP contribution in [0.3, 0.4) is 0 Å². The minimum atomic E-state index is -1.97. The van der Waals surface area contributed by atoms with Crippen molar-refractivity contribution in [1.29, 1.82) is 0 Å². The molecule has 0 heterocycles. The summed E-state index contributed by atoms with van der Waals surface area (Å²) >= 11 is -1.97. The van der Waals surface area contributed by atoms with Crippen LogP contribution in [-0.4, -0.2) is 21.1 Å². The van der Waals surface area contributed by atoms with Crippen molar-refractivity contribution in [1.82, 2.24) is 0 Å². The van der Waals surface area contributed by atoms with E-state index in [1.165, 1.54) is 0 Å². The molecular formula is C12H17O3S-.